The van der Waals surface area contributed by atoms with Gasteiger partial charge in [0.2, 0.25) is 11.8 Å². The van der Waals surface area contributed by atoms with E-state index >= 15 is 0 Å². The third-order valence-electron chi connectivity index (χ3n) is 6.23. The molecule has 8 heteroatoms. The topological polar surface area (TPSA) is 49.4 Å². The van der Waals surface area contributed by atoms with E-state index in [9.17, 15) is 22.8 Å². The van der Waals surface area contributed by atoms with Gasteiger partial charge in [0, 0.05) is 11.7 Å². The van der Waals surface area contributed by atoms with Gasteiger partial charge >= 0.3 is 6.18 Å². The molecule has 1 N–H and O–H groups in total. The van der Waals surface area contributed by atoms with Crippen LogP contribution in [-0.4, -0.2) is 17.9 Å². The zero-order valence-corrected chi connectivity index (χ0v) is 19.9. The van der Waals surface area contributed by atoms with Crippen LogP contribution in [0.3, 0.4) is 0 Å². The van der Waals surface area contributed by atoms with E-state index in [1.807, 2.05) is 10.8 Å². The van der Waals surface area contributed by atoms with E-state index in [1.54, 1.807) is 36.4 Å². The molecule has 0 saturated heterocycles. The van der Waals surface area contributed by atoms with E-state index in [4.69, 9.17) is 0 Å². The average Bonchev–Trinajstić information content (AvgIpc) is 3.36. The highest BCUT2D eigenvalue weighted by Gasteiger charge is 2.36. The van der Waals surface area contributed by atoms with Crippen molar-refractivity contribution in [3.63, 3.8) is 0 Å². The Balaban J connectivity index is 1.77. The van der Waals surface area contributed by atoms with Crippen molar-refractivity contribution < 1.29 is 22.8 Å². The van der Waals surface area contributed by atoms with Crippen LogP contribution in [0.25, 0.3) is 0 Å². The summed E-state index contributed by atoms with van der Waals surface area (Å²) >= 11 is 1.43. The number of benzene rings is 2. The Morgan fingerprint density at radius 2 is 1.74 bits per heavy atom. The number of alkyl halides is 3. The summed E-state index contributed by atoms with van der Waals surface area (Å²) in [5.74, 6) is -0.838. The smallest absolute Gasteiger partial charge is 0.351 e. The molecule has 35 heavy (non-hydrogen) atoms. The fourth-order valence-corrected chi connectivity index (χ4v) is 5.17. The van der Waals surface area contributed by atoms with Crippen LogP contribution in [0.15, 0.2) is 71.4 Å². The molecule has 4 nitrogen and oxygen atoms in total. The van der Waals surface area contributed by atoms with Crippen LogP contribution in [0.1, 0.15) is 54.8 Å². The van der Waals surface area contributed by atoms with Crippen molar-refractivity contribution in [1.82, 2.24) is 5.32 Å². The van der Waals surface area contributed by atoms with Crippen LogP contribution < -0.4 is 10.2 Å². The first-order valence-electron chi connectivity index (χ1n) is 11.7. The van der Waals surface area contributed by atoms with Gasteiger partial charge in [-0.25, -0.2) is 0 Å². The molecule has 0 unspecified atom stereocenters. The number of amides is 2. The molecular weight excluding hydrogens is 473 g/mol. The fourth-order valence-electron chi connectivity index (χ4n) is 4.50. The maximum absolute atomic E-state index is 13.7. The van der Waals surface area contributed by atoms with Crippen molar-refractivity contribution in [3.05, 3.63) is 88.1 Å². The number of carbonyl (C=O) groups is 2. The standard InChI is InChI=1S/C27H27F3N2O2S/c28-27(29,30)21-10-7-13-23(17-21)32(24(33)16-19-14-15-35-18-19)25(20-8-3-1-4-9-20)26(34)31-22-11-5-2-6-12-22/h1,3-4,7-10,13-15,17-18,22,25H,2,5-6,11-12,16H2,(H,31,34)/t25-/m0/s1. The van der Waals surface area contributed by atoms with Gasteiger partial charge in [0.1, 0.15) is 6.04 Å². The van der Waals surface area contributed by atoms with Crippen LogP contribution in [-0.2, 0) is 22.2 Å². The maximum Gasteiger partial charge on any atom is 0.416 e. The van der Waals surface area contributed by atoms with Crippen molar-refractivity contribution >= 4 is 28.8 Å². The number of rotatable bonds is 7. The second-order valence-corrected chi connectivity index (χ2v) is 9.56. The quantitative estimate of drug-likeness (QED) is 0.401. The molecule has 0 aliphatic heterocycles. The van der Waals surface area contributed by atoms with Gasteiger partial charge in [-0.15, -0.1) is 0 Å². The molecule has 184 valence electrons. The summed E-state index contributed by atoms with van der Waals surface area (Å²) in [4.78, 5) is 28.6. The molecule has 0 bridgehead atoms. The molecule has 0 radical (unpaired) electrons. The molecule has 1 saturated carbocycles. The van der Waals surface area contributed by atoms with E-state index in [-0.39, 0.29) is 24.1 Å². The number of carbonyl (C=O) groups excluding carboxylic acids is 2. The van der Waals surface area contributed by atoms with Gasteiger partial charge in [0.25, 0.3) is 0 Å². The lowest BCUT2D eigenvalue weighted by Crippen LogP contribution is -2.47. The van der Waals surface area contributed by atoms with E-state index in [1.165, 1.54) is 28.4 Å². The van der Waals surface area contributed by atoms with Gasteiger partial charge in [0.15, 0.2) is 0 Å². The highest BCUT2D eigenvalue weighted by Crippen LogP contribution is 2.35. The minimum Gasteiger partial charge on any atom is -0.351 e. The number of anilines is 1. The van der Waals surface area contributed by atoms with E-state index in [0.717, 1.165) is 49.8 Å². The van der Waals surface area contributed by atoms with E-state index < -0.39 is 23.7 Å². The first kappa shape index (κ1) is 25.0. The average molecular weight is 501 g/mol. The van der Waals surface area contributed by atoms with Gasteiger partial charge in [-0.2, -0.15) is 24.5 Å². The highest BCUT2D eigenvalue weighted by molar-refractivity contribution is 7.08. The molecule has 1 fully saturated rings. The van der Waals surface area contributed by atoms with Gasteiger partial charge < -0.3 is 5.32 Å². The van der Waals surface area contributed by atoms with E-state index in [0.29, 0.717) is 5.56 Å². The summed E-state index contributed by atoms with van der Waals surface area (Å²) in [6.45, 7) is 0. The number of halogens is 3. The molecule has 3 aromatic rings. The molecule has 2 amide bonds. The van der Waals surface area contributed by atoms with Crippen molar-refractivity contribution in [3.8, 4) is 0 Å². The van der Waals surface area contributed by atoms with Crippen LogP contribution in [0.5, 0.6) is 0 Å². The molecular formula is C27H27F3N2O2S. The second kappa shape index (κ2) is 11.1. The summed E-state index contributed by atoms with van der Waals surface area (Å²) in [7, 11) is 0. The lowest BCUT2D eigenvalue weighted by molar-refractivity contribution is -0.137. The Hall–Kier alpha value is -3.13. The van der Waals surface area contributed by atoms with Gasteiger partial charge in [-0.3, -0.25) is 14.5 Å². The van der Waals surface area contributed by atoms with Gasteiger partial charge in [0.05, 0.1) is 12.0 Å². The molecule has 0 spiro atoms. The van der Waals surface area contributed by atoms with E-state index in [2.05, 4.69) is 5.32 Å². The summed E-state index contributed by atoms with van der Waals surface area (Å²) in [5.41, 5.74) is 0.448. The number of hydrogen-bond acceptors (Lipinski definition) is 3. The molecule has 1 aromatic heterocycles. The predicted octanol–water partition coefficient (Wildman–Crippen LogP) is 6.53. The zero-order valence-electron chi connectivity index (χ0n) is 19.1. The van der Waals surface area contributed by atoms with Crippen molar-refractivity contribution in [1.29, 1.82) is 0 Å². The maximum atomic E-state index is 13.7. The third kappa shape index (κ3) is 6.31. The second-order valence-electron chi connectivity index (χ2n) is 8.78. The van der Waals surface area contributed by atoms with Crippen LogP contribution in [0.4, 0.5) is 18.9 Å². The first-order valence-corrected chi connectivity index (χ1v) is 12.6. The van der Waals surface area contributed by atoms with Crippen molar-refractivity contribution in [2.45, 2.75) is 56.8 Å². The van der Waals surface area contributed by atoms with Crippen molar-refractivity contribution in [2.24, 2.45) is 0 Å². The molecule has 1 aliphatic rings. The molecule has 2 aromatic carbocycles. The van der Waals surface area contributed by atoms with Gasteiger partial charge in [-0.1, -0.05) is 55.7 Å². The van der Waals surface area contributed by atoms with Crippen LogP contribution >= 0.6 is 11.3 Å². The summed E-state index contributed by atoms with van der Waals surface area (Å²) in [6, 6.07) is 14.1. The van der Waals surface area contributed by atoms with Crippen LogP contribution in [0, 0.1) is 0 Å². The minimum atomic E-state index is -4.58. The molecule has 1 heterocycles. The molecule has 1 atom stereocenters. The van der Waals surface area contributed by atoms with Crippen LogP contribution in [0.2, 0.25) is 0 Å². The third-order valence-corrected chi connectivity index (χ3v) is 6.96. The Kier molecular flexibility index (Phi) is 7.90. The SMILES string of the molecule is O=C(NC1CCCCC1)[C@H](c1ccccc1)N(C(=O)Cc1ccsc1)c1cccc(C(F)(F)F)c1. The summed E-state index contributed by atoms with van der Waals surface area (Å²) < 4.78 is 40.6. The Morgan fingerprint density at radius 1 is 1.00 bits per heavy atom. The summed E-state index contributed by atoms with van der Waals surface area (Å²) in [6.07, 6.45) is 0.221. The highest BCUT2D eigenvalue weighted by atomic mass is 32.1. The van der Waals surface area contributed by atoms with Crippen molar-refractivity contribution in [2.75, 3.05) is 4.90 Å². The molecule has 4 rings (SSSR count). The Labute approximate surface area is 206 Å². The number of nitrogens with one attached hydrogen (secondary N) is 1. The zero-order chi connectivity index (χ0) is 24.8. The number of thiophene rings is 1. The number of hydrogen-bond donors (Lipinski definition) is 1. The van der Waals surface area contributed by atoms with Gasteiger partial charge in [-0.05, 0) is 59.0 Å². The lowest BCUT2D eigenvalue weighted by Gasteiger charge is -2.34. The largest absolute Gasteiger partial charge is 0.416 e. The monoisotopic (exact) mass is 500 g/mol. The predicted molar refractivity (Wildman–Crippen MR) is 131 cm³/mol. The first-order chi connectivity index (χ1) is 16.8. The minimum absolute atomic E-state index is 0.0159. The number of nitrogens with zero attached hydrogens (tertiary/aromatic N) is 1. The summed E-state index contributed by atoms with van der Waals surface area (Å²) in [5, 5.41) is 6.73. The fraction of sp³-hybridized carbons (Fsp3) is 0.333. The normalized spacial score (nSPS) is 15.4. The lowest BCUT2D eigenvalue weighted by atomic mass is 9.94. The Morgan fingerprint density at radius 3 is 2.40 bits per heavy atom. The Bertz CT molecular complexity index is 1130. The molecule has 1 aliphatic carbocycles.